The van der Waals surface area contributed by atoms with E-state index in [1.165, 1.54) is 6.42 Å². The van der Waals surface area contributed by atoms with E-state index in [1.54, 1.807) is 0 Å². The van der Waals surface area contributed by atoms with Crippen LogP contribution in [-0.4, -0.2) is 18.9 Å². The Labute approximate surface area is 101 Å². The molecule has 0 aliphatic heterocycles. The number of rotatable bonds is 3. The molecule has 96 valence electrons. The van der Waals surface area contributed by atoms with Gasteiger partial charge in [-0.2, -0.15) is 0 Å². The topological polar surface area (TPSA) is 34.1 Å². The van der Waals surface area contributed by atoms with Gasteiger partial charge in [0.05, 0.1) is 10.5 Å². The lowest BCUT2D eigenvalue weighted by molar-refractivity contribution is 0.236. The molecule has 0 aromatic carbocycles. The standard InChI is InChI=1S/C13H26O2S/c1-9(2)12-7-6-11(5)8-13(12)16(14,15)10(3)4/h9-13H,6-8H2,1-5H3. The van der Waals surface area contributed by atoms with Gasteiger partial charge in [0, 0.05) is 0 Å². The Morgan fingerprint density at radius 1 is 1.06 bits per heavy atom. The minimum Gasteiger partial charge on any atom is -0.228 e. The zero-order valence-corrected chi connectivity index (χ0v) is 12.0. The van der Waals surface area contributed by atoms with Gasteiger partial charge < -0.3 is 0 Å². The lowest BCUT2D eigenvalue weighted by Gasteiger charge is -2.37. The highest BCUT2D eigenvalue weighted by atomic mass is 32.2. The molecule has 0 bridgehead atoms. The van der Waals surface area contributed by atoms with Crippen LogP contribution in [-0.2, 0) is 9.84 Å². The van der Waals surface area contributed by atoms with E-state index >= 15 is 0 Å². The van der Waals surface area contributed by atoms with Crippen LogP contribution >= 0.6 is 0 Å². The average molecular weight is 246 g/mol. The lowest BCUT2D eigenvalue weighted by Crippen LogP contribution is -2.41. The Hall–Kier alpha value is -0.0500. The van der Waals surface area contributed by atoms with Crippen molar-refractivity contribution >= 4 is 9.84 Å². The van der Waals surface area contributed by atoms with E-state index in [9.17, 15) is 8.42 Å². The maximum atomic E-state index is 12.3. The lowest BCUT2D eigenvalue weighted by atomic mass is 9.77. The van der Waals surface area contributed by atoms with E-state index in [2.05, 4.69) is 20.8 Å². The normalized spacial score (nSPS) is 32.3. The van der Waals surface area contributed by atoms with Gasteiger partial charge in [-0.15, -0.1) is 0 Å². The van der Waals surface area contributed by atoms with E-state index in [0.717, 1.165) is 12.8 Å². The Morgan fingerprint density at radius 3 is 2.06 bits per heavy atom. The summed E-state index contributed by atoms with van der Waals surface area (Å²) in [5, 5.41) is -0.333. The Balaban J connectivity index is 2.96. The molecule has 3 atom stereocenters. The molecule has 1 fully saturated rings. The fourth-order valence-corrected chi connectivity index (χ4v) is 5.08. The van der Waals surface area contributed by atoms with Gasteiger partial charge in [0.25, 0.3) is 0 Å². The van der Waals surface area contributed by atoms with Gasteiger partial charge in [0.2, 0.25) is 0 Å². The first kappa shape index (κ1) is 14.0. The molecule has 0 spiro atoms. The minimum atomic E-state index is -2.93. The maximum Gasteiger partial charge on any atom is 0.155 e. The minimum absolute atomic E-state index is 0.101. The van der Waals surface area contributed by atoms with Gasteiger partial charge in [-0.25, -0.2) is 8.42 Å². The van der Waals surface area contributed by atoms with Crippen molar-refractivity contribution in [2.24, 2.45) is 17.8 Å². The van der Waals surface area contributed by atoms with Crippen LogP contribution in [0.15, 0.2) is 0 Å². The fraction of sp³-hybridized carbons (Fsp3) is 1.00. The Morgan fingerprint density at radius 2 is 1.62 bits per heavy atom. The van der Waals surface area contributed by atoms with Crippen molar-refractivity contribution in [3.05, 3.63) is 0 Å². The molecule has 0 amide bonds. The molecule has 1 aliphatic rings. The maximum absolute atomic E-state index is 12.3. The van der Waals surface area contributed by atoms with Crippen LogP contribution in [0.5, 0.6) is 0 Å². The Kier molecular flexibility index (Phi) is 4.44. The molecule has 0 aromatic heterocycles. The predicted molar refractivity (Wildman–Crippen MR) is 69.2 cm³/mol. The monoisotopic (exact) mass is 246 g/mol. The third kappa shape index (κ3) is 2.79. The second-order valence-corrected chi connectivity index (χ2v) is 8.73. The van der Waals surface area contributed by atoms with Crippen LogP contribution in [0.25, 0.3) is 0 Å². The van der Waals surface area contributed by atoms with Crippen LogP contribution in [0.1, 0.15) is 53.9 Å². The number of hydrogen-bond acceptors (Lipinski definition) is 2. The second-order valence-electron chi connectivity index (χ2n) is 6.00. The zero-order valence-electron chi connectivity index (χ0n) is 11.2. The molecule has 1 aliphatic carbocycles. The number of sulfone groups is 1. The van der Waals surface area contributed by atoms with Crippen molar-refractivity contribution in [2.45, 2.75) is 64.4 Å². The molecule has 0 aromatic rings. The summed E-state index contributed by atoms with van der Waals surface area (Å²) >= 11 is 0. The molecule has 0 radical (unpaired) electrons. The summed E-state index contributed by atoms with van der Waals surface area (Å²) < 4.78 is 24.7. The van der Waals surface area contributed by atoms with Gasteiger partial charge >= 0.3 is 0 Å². The molecule has 3 unspecified atom stereocenters. The van der Waals surface area contributed by atoms with Crippen LogP contribution in [0, 0.1) is 17.8 Å². The molecule has 0 N–H and O–H groups in total. The first-order chi connectivity index (χ1) is 7.26. The summed E-state index contributed by atoms with van der Waals surface area (Å²) in [6.45, 7) is 10.1. The first-order valence-corrected chi connectivity index (χ1v) is 8.10. The van der Waals surface area contributed by atoms with Gasteiger partial charge in [-0.05, 0) is 44.4 Å². The predicted octanol–water partition coefficient (Wildman–Crippen LogP) is 3.27. The van der Waals surface area contributed by atoms with Crippen molar-refractivity contribution in [1.82, 2.24) is 0 Å². The molecule has 0 heterocycles. The quantitative estimate of drug-likeness (QED) is 0.766. The van der Waals surface area contributed by atoms with Gasteiger partial charge in [-0.3, -0.25) is 0 Å². The van der Waals surface area contributed by atoms with E-state index < -0.39 is 9.84 Å². The highest BCUT2D eigenvalue weighted by Gasteiger charge is 2.40. The van der Waals surface area contributed by atoms with Crippen molar-refractivity contribution in [2.75, 3.05) is 0 Å². The van der Waals surface area contributed by atoms with Crippen LogP contribution in [0.3, 0.4) is 0 Å². The summed E-state index contributed by atoms with van der Waals surface area (Å²) in [6, 6.07) is 0. The average Bonchev–Trinajstić information content (AvgIpc) is 2.16. The smallest absolute Gasteiger partial charge is 0.155 e. The summed E-state index contributed by atoms with van der Waals surface area (Å²) in [5.74, 6) is 1.41. The van der Waals surface area contributed by atoms with E-state index in [-0.39, 0.29) is 10.5 Å². The SMILES string of the molecule is CC1CCC(C(C)C)C(S(=O)(=O)C(C)C)C1. The molecule has 0 saturated heterocycles. The molecule has 2 nitrogen and oxygen atoms in total. The summed E-state index contributed by atoms with van der Waals surface area (Å²) in [7, 11) is -2.93. The molecular weight excluding hydrogens is 220 g/mol. The van der Waals surface area contributed by atoms with Crippen LogP contribution in [0.4, 0.5) is 0 Å². The van der Waals surface area contributed by atoms with E-state index in [0.29, 0.717) is 17.8 Å². The molecule has 1 saturated carbocycles. The van der Waals surface area contributed by atoms with Crippen molar-refractivity contribution in [1.29, 1.82) is 0 Å². The molecular formula is C13H26O2S. The van der Waals surface area contributed by atoms with Crippen molar-refractivity contribution in [3.8, 4) is 0 Å². The number of hydrogen-bond donors (Lipinski definition) is 0. The van der Waals surface area contributed by atoms with Crippen molar-refractivity contribution in [3.63, 3.8) is 0 Å². The van der Waals surface area contributed by atoms with Crippen molar-refractivity contribution < 1.29 is 8.42 Å². The summed E-state index contributed by atoms with van der Waals surface area (Å²) in [6.07, 6.45) is 3.13. The zero-order chi connectivity index (χ0) is 12.5. The van der Waals surface area contributed by atoms with Gasteiger partial charge in [0.1, 0.15) is 0 Å². The highest BCUT2D eigenvalue weighted by molar-refractivity contribution is 7.92. The largest absolute Gasteiger partial charge is 0.228 e. The third-order valence-corrected chi connectivity index (χ3v) is 6.74. The summed E-state index contributed by atoms with van der Waals surface area (Å²) in [5.41, 5.74) is 0. The molecule has 3 heteroatoms. The molecule has 16 heavy (non-hydrogen) atoms. The highest BCUT2D eigenvalue weighted by Crippen LogP contribution is 2.38. The van der Waals surface area contributed by atoms with Crippen LogP contribution in [0.2, 0.25) is 0 Å². The third-order valence-electron chi connectivity index (χ3n) is 4.04. The van der Waals surface area contributed by atoms with Gasteiger partial charge in [-0.1, -0.05) is 27.2 Å². The van der Waals surface area contributed by atoms with Gasteiger partial charge in [0.15, 0.2) is 9.84 Å². The van der Waals surface area contributed by atoms with E-state index in [4.69, 9.17) is 0 Å². The Bertz CT molecular complexity index is 317. The van der Waals surface area contributed by atoms with E-state index in [1.807, 2.05) is 13.8 Å². The first-order valence-electron chi connectivity index (χ1n) is 6.49. The summed E-state index contributed by atoms with van der Waals surface area (Å²) in [4.78, 5) is 0. The molecule has 1 rings (SSSR count). The van der Waals surface area contributed by atoms with Crippen LogP contribution < -0.4 is 0 Å². The fourth-order valence-electron chi connectivity index (χ4n) is 2.84. The second kappa shape index (κ2) is 5.07.